The molecule has 1 fully saturated rings. The third kappa shape index (κ3) is 3.83. The Balaban J connectivity index is 1.32. The summed E-state index contributed by atoms with van der Waals surface area (Å²) in [5, 5.41) is 5.71. The van der Waals surface area contributed by atoms with Gasteiger partial charge in [0.2, 0.25) is 5.95 Å². The second kappa shape index (κ2) is 7.71. The van der Waals surface area contributed by atoms with E-state index in [1.54, 1.807) is 43.7 Å². The summed E-state index contributed by atoms with van der Waals surface area (Å²) in [5.74, 6) is 0.632. The van der Waals surface area contributed by atoms with Crippen LogP contribution in [0.5, 0.6) is 0 Å². The van der Waals surface area contributed by atoms with Gasteiger partial charge < -0.3 is 20.0 Å². The van der Waals surface area contributed by atoms with Crippen LogP contribution in [0.25, 0.3) is 11.1 Å². The number of anilines is 2. The minimum Gasteiger partial charge on any atom is -0.408 e. The van der Waals surface area contributed by atoms with Crippen molar-refractivity contribution < 1.29 is 9.21 Å². The van der Waals surface area contributed by atoms with Crippen molar-refractivity contribution in [3.63, 3.8) is 0 Å². The summed E-state index contributed by atoms with van der Waals surface area (Å²) >= 11 is 0. The lowest BCUT2D eigenvalue weighted by Gasteiger charge is -2.32. The lowest BCUT2D eigenvalue weighted by molar-refractivity contribution is 0.249. The summed E-state index contributed by atoms with van der Waals surface area (Å²) in [6.07, 6.45) is 5.56. The number of rotatable bonds is 4. The van der Waals surface area contributed by atoms with E-state index in [9.17, 15) is 9.59 Å². The van der Waals surface area contributed by atoms with Crippen LogP contribution in [0, 0.1) is 5.92 Å². The molecule has 2 amide bonds. The summed E-state index contributed by atoms with van der Waals surface area (Å²) < 4.78 is 6.57. The highest BCUT2D eigenvalue weighted by molar-refractivity contribution is 5.91. The number of aryl methyl sites for hydroxylation is 1. The second-order valence-electron chi connectivity index (χ2n) is 6.95. The van der Waals surface area contributed by atoms with Crippen LogP contribution in [0.3, 0.4) is 0 Å². The molecule has 0 radical (unpaired) electrons. The number of piperidine rings is 1. The normalized spacial score (nSPS) is 16.9. The smallest absolute Gasteiger partial charge is 0.408 e. The molecule has 0 unspecified atom stereocenters. The molecule has 146 valence electrons. The molecule has 0 aliphatic carbocycles. The van der Waals surface area contributed by atoms with Gasteiger partial charge in [-0.05, 0) is 37.0 Å². The minimum atomic E-state index is -0.430. The van der Waals surface area contributed by atoms with Crippen molar-refractivity contribution >= 4 is 28.8 Å². The van der Waals surface area contributed by atoms with Crippen LogP contribution in [0.1, 0.15) is 12.8 Å². The molecule has 0 saturated carbocycles. The van der Waals surface area contributed by atoms with E-state index in [1.807, 2.05) is 0 Å². The molecule has 3 aromatic rings. The predicted molar refractivity (Wildman–Crippen MR) is 105 cm³/mol. The average Bonchev–Trinajstić information content (AvgIpc) is 3.00. The van der Waals surface area contributed by atoms with Gasteiger partial charge in [0, 0.05) is 50.8 Å². The van der Waals surface area contributed by atoms with Crippen molar-refractivity contribution in [3.8, 4) is 0 Å². The van der Waals surface area contributed by atoms with Gasteiger partial charge >= 0.3 is 11.8 Å². The molecule has 2 aromatic heterocycles. The third-order valence-corrected chi connectivity index (χ3v) is 4.96. The summed E-state index contributed by atoms with van der Waals surface area (Å²) in [6, 6.07) is 6.65. The lowest BCUT2D eigenvalue weighted by Crippen LogP contribution is -2.42. The molecule has 1 aliphatic rings. The second-order valence-corrected chi connectivity index (χ2v) is 6.95. The van der Waals surface area contributed by atoms with Gasteiger partial charge in [0.15, 0.2) is 5.58 Å². The van der Waals surface area contributed by atoms with Crippen LogP contribution >= 0.6 is 0 Å². The van der Waals surface area contributed by atoms with E-state index < -0.39 is 5.76 Å². The van der Waals surface area contributed by atoms with E-state index in [0.717, 1.165) is 31.9 Å². The maximum Gasteiger partial charge on any atom is 0.419 e. The minimum absolute atomic E-state index is 0.286. The monoisotopic (exact) mass is 382 g/mol. The number of nitrogens with one attached hydrogen (secondary N) is 2. The van der Waals surface area contributed by atoms with Crippen LogP contribution in [0.2, 0.25) is 0 Å². The van der Waals surface area contributed by atoms with Crippen LogP contribution < -0.4 is 21.3 Å². The first-order valence-electron chi connectivity index (χ1n) is 9.26. The Labute approximate surface area is 161 Å². The molecule has 9 nitrogen and oxygen atoms in total. The first-order chi connectivity index (χ1) is 13.6. The summed E-state index contributed by atoms with van der Waals surface area (Å²) in [7, 11) is 1.64. The summed E-state index contributed by atoms with van der Waals surface area (Å²) in [5.41, 5.74) is 1.69. The van der Waals surface area contributed by atoms with Crippen molar-refractivity contribution in [1.29, 1.82) is 0 Å². The number of amides is 2. The number of carbonyl (C=O) groups excluding carboxylic acids is 1. The highest BCUT2D eigenvalue weighted by atomic mass is 16.4. The summed E-state index contributed by atoms with van der Waals surface area (Å²) in [6.45, 7) is 2.30. The zero-order chi connectivity index (χ0) is 19.5. The molecule has 1 aromatic carbocycles. The fourth-order valence-electron chi connectivity index (χ4n) is 3.49. The lowest BCUT2D eigenvalue weighted by atomic mass is 9.98. The van der Waals surface area contributed by atoms with Gasteiger partial charge in [0.05, 0.1) is 5.52 Å². The van der Waals surface area contributed by atoms with Gasteiger partial charge in [-0.3, -0.25) is 4.57 Å². The Morgan fingerprint density at radius 3 is 2.96 bits per heavy atom. The Morgan fingerprint density at radius 2 is 2.14 bits per heavy atom. The fraction of sp³-hybridized carbons (Fsp3) is 0.368. The number of nitrogens with zero attached hydrogens (tertiary/aromatic N) is 4. The quantitative estimate of drug-likeness (QED) is 0.715. The van der Waals surface area contributed by atoms with E-state index in [-0.39, 0.29) is 6.03 Å². The van der Waals surface area contributed by atoms with Crippen LogP contribution in [-0.2, 0) is 7.05 Å². The van der Waals surface area contributed by atoms with Crippen molar-refractivity contribution in [1.82, 2.24) is 19.9 Å². The molecule has 9 heteroatoms. The van der Waals surface area contributed by atoms with Crippen molar-refractivity contribution in [2.24, 2.45) is 13.0 Å². The number of fused-ring (bicyclic) bond motifs is 1. The molecule has 3 heterocycles. The number of carbonyl (C=O) groups is 1. The van der Waals surface area contributed by atoms with Gasteiger partial charge in [-0.15, -0.1) is 0 Å². The first kappa shape index (κ1) is 18.0. The molecule has 0 bridgehead atoms. The van der Waals surface area contributed by atoms with Gasteiger partial charge in [-0.1, -0.05) is 0 Å². The number of benzene rings is 1. The van der Waals surface area contributed by atoms with Gasteiger partial charge in [0.1, 0.15) is 0 Å². The average molecular weight is 382 g/mol. The predicted octanol–water partition coefficient (Wildman–Crippen LogP) is 1.96. The molecule has 2 N–H and O–H groups in total. The number of aromatic nitrogens is 3. The first-order valence-corrected chi connectivity index (χ1v) is 9.26. The van der Waals surface area contributed by atoms with Crippen LogP contribution in [0.4, 0.5) is 16.4 Å². The molecular formula is C19H22N6O3. The van der Waals surface area contributed by atoms with Crippen LogP contribution in [0.15, 0.2) is 45.9 Å². The largest absolute Gasteiger partial charge is 0.419 e. The SMILES string of the molecule is Cn1c(=O)oc2cc(NC(=O)NC[C@H]3CCCN(c4ncccn4)C3)ccc21. The number of oxazole rings is 1. The number of hydrogen-bond donors (Lipinski definition) is 2. The number of hydrogen-bond acceptors (Lipinski definition) is 6. The Kier molecular flexibility index (Phi) is 4.96. The van der Waals surface area contributed by atoms with Crippen molar-refractivity contribution in [3.05, 3.63) is 47.2 Å². The van der Waals surface area contributed by atoms with Gasteiger partial charge in [0.25, 0.3) is 0 Å². The van der Waals surface area contributed by atoms with E-state index >= 15 is 0 Å². The molecule has 1 aliphatic heterocycles. The Hall–Kier alpha value is -3.36. The summed E-state index contributed by atoms with van der Waals surface area (Å²) in [4.78, 5) is 34.6. The van der Waals surface area contributed by atoms with E-state index in [0.29, 0.717) is 29.2 Å². The van der Waals surface area contributed by atoms with Crippen LogP contribution in [-0.4, -0.2) is 40.2 Å². The highest BCUT2D eigenvalue weighted by Crippen LogP contribution is 2.20. The van der Waals surface area contributed by atoms with Gasteiger partial charge in [-0.2, -0.15) is 0 Å². The Morgan fingerprint density at radius 1 is 1.32 bits per heavy atom. The Bertz CT molecular complexity index is 1030. The van der Waals surface area contributed by atoms with E-state index in [2.05, 4.69) is 25.5 Å². The van der Waals surface area contributed by atoms with Crippen molar-refractivity contribution in [2.45, 2.75) is 12.8 Å². The molecule has 0 spiro atoms. The zero-order valence-corrected chi connectivity index (χ0v) is 15.6. The van der Waals surface area contributed by atoms with E-state index in [1.165, 1.54) is 4.57 Å². The molecule has 4 rings (SSSR count). The van der Waals surface area contributed by atoms with Crippen molar-refractivity contribution in [2.75, 3.05) is 29.9 Å². The molecule has 1 atom stereocenters. The topological polar surface area (TPSA) is 105 Å². The zero-order valence-electron chi connectivity index (χ0n) is 15.6. The standard InChI is InChI=1S/C19H22N6O3/c1-24-15-6-5-14(10-16(15)28-19(24)27)23-18(26)22-11-13-4-2-9-25(12-13)17-20-7-3-8-21-17/h3,5-8,10,13H,2,4,9,11-12H2,1H3,(H2,22,23,26)/t13-/m1/s1. The third-order valence-electron chi connectivity index (χ3n) is 4.96. The molecule has 28 heavy (non-hydrogen) atoms. The maximum absolute atomic E-state index is 12.3. The fourth-order valence-corrected chi connectivity index (χ4v) is 3.49. The highest BCUT2D eigenvalue weighted by Gasteiger charge is 2.22. The number of urea groups is 1. The van der Waals surface area contributed by atoms with E-state index in [4.69, 9.17) is 4.42 Å². The molecule has 1 saturated heterocycles. The maximum atomic E-state index is 12.3. The molecular weight excluding hydrogens is 360 g/mol. The van der Waals surface area contributed by atoms with Gasteiger partial charge in [-0.25, -0.2) is 19.6 Å².